The number of anilines is 3. The van der Waals surface area contributed by atoms with E-state index < -0.39 is 4.92 Å². The van der Waals surface area contributed by atoms with E-state index in [1.165, 1.54) is 12.1 Å². The van der Waals surface area contributed by atoms with Crippen molar-refractivity contribution < 1.29 is 4.92 Å². The van der Waals surface area contributed by atoms with E-state index in [4.69, 9.17) is 5.84 Å². The minimum Gasteiger partial charge on any atom is -0.340 e. The van der Waals surface area contributed by atoms with Crippen LogP contribution in [0.2, 0.25) is 0 Å². The predicted octanol–water partition coefficient (Wildman–Crippen LogP) is 3.09. The Kier molecular flexibility index (Phi) is 4.16. The highest BCUT2D eigenvalue weighted by Crippen LogP contribution is 2.25. The van der Waals surface area contributed by atoms with Crippen LogP contribution in [0.4, 0.5) is 23.0 Å². The Bertz CT molecular complexity index is 642. The molecular weight excluding hydrogens is 326 g/mol. The zero-order chi connectivity index (χ0) is 14.7. The van der Waals surface area contributed by atoms with Gasteiger partial charge in [0.25, 0.3) is 5.69 Å². The number of nitro groups is 1. The SMILES string of the molecule is Cc1cc(Br)cc(Nc2cc([N+](=O)[O-])cc(NN)n2)c1. The number of hydrazine groups is 1. The topological polar surface area (TPSA) is 106 Å². The van der Waals surface area contributed by atoms with Crippen LogP contribution in [0.15, 0.2) is 34.8 Å². The summed E-state index contributed by atoms with van der Waals surface area (Å²) < 4.78 is 0.905. The van der Waals surface area contributed by atoms with Gasteiger partial charge in [-0.3, -0.25) is 10.1 Å². The highest BCUT2D eigenvalue weighted by atomic mass is 79.9. The summed E-state index contributed by atoms with van der Waals surface area (Å²) in [4.78, 5) is 14.5. The van der Waals surface area contributed by atoms with E-state index in [-0.39, 0.29) is 11.5 Å². The maximum absolute atomic E-state index is 10.9. The van der Waals surface area contributed by atoms with Gasteiger partial charge in [0.1, 0.15) is 11.6 Å². The molecule has 0 saturated heterocycles. The van der Waals surface area contributed by atoms with Gasteiger partial charge in [0.2, 0.25) is 0 Å². The van der Waals surface area contributed by atoms with E-state index in [9.17, 15) is 10.1 Å². The summed E-state index contributed by atoms with van der Waals surface area (Å²) >= 11 is 3.39. The molecule has 0 aliphatic rings. The van der Waals surface area contributed by atoms with Crippen LogP contribution in [0.25, 0.3) is 0 Å². The molecule has 4 N–H and O–H groups in total. The molecule has 7 nitrogen and oxygen atoms in total. The monoisotopic (exact) mass is 337 g/mol. The van der Waals surface area contributed by atoms with Crippen molar-refractivity contribution in [2.75, 3.05) is 10.7 Å². The van der Waals surface area contributed by atoms with Crippen LogP contribution in [0.1, 0.15) is 5.56 Å². The van der Waals surface area contributed by atoms with Gasteiger partial charge in [-0.1, -0.05) is 15.9 Å². The van der Waals surface area contributed by atoms with Gasteiger partial charge < -0.3 is 10.7 Å². The molecule has 1 aromatic heterocycles. The largest absolute Gasteiger partial charge is 0.340 e. The molecule has 1 aromatic carbocycles. The fourth-order valence-corrected chi connectivity index (χ4v) is 2.32. The second-order valence-electron chi connectivity index (χ2n) is 4.14. The Morgan fingerprint density at radius 3 is 2.55 bits per heavy atom. The highest BCUT2D eigenvalue weighted by molar-refractivity contribution is 9.10. The van der Waals surface area contributed by atoms with Crippen LogP contribution in [0, 0.1) is 17.0 Å². The minimum absolute atomic E-state index is 0.0952. The van der Waals surface area contributed by atoms with Crippen molar-refractivity contribution in [2.24, 2.45) is 5.84 Å². The van der Waals surface area contributed by atoms with Gasteiger partial charge in [-0.15, -0.1) is 0 Å². The maximum atomic E-state index is 10.9. The standard InChI is InChI=1S/C12H12BrN5O2/c1-7-2-8(13)4-9(3-7)15-11-5-10(18(19)20)6-12(16-11)17-14/h2-6H,14H2,1H3,(H2,15,16,17). The van der Waals surface area contributed by atoms with Crippen molar-refractivity contribution in [3.05, 3.63) is 50.5 Å². The summed E-state index contributed by atoms with van der Waals surface area (Å²) in [6.07, 6.45) is 0. The van der Waals surface area contributed by atoms with Gasteiger partial charge in [0, 0.05) is 10.2 Å². The van der Waals surface area contributed by atoms with Crippen LogP contribution in [0.5, 0.6) is 0 Å². The predicted molar refractivity (Wildman–Crippen MR) is 80.9 cm³/mol. The van der Waals surface area contributed by atoms with Gasteiger partial charge >= 0.3 is 0 Å². The molecular formula is C12H12BrN5O2. The van der Waals surface area contributed by atoms with Gasteiger partial charge in [-0.05, 0) is 30.7 Å². The number of nitrogen functional groups attached to an aromatic ring is 1. The molecule has 0 unspecified atom stereocenters. The fraction of sp³-hybridized carbons (Fsp3) is 0.0833. The number of benzene rings is 1. The summed E-state index contributed by atoms with van der Waals surface area (Å²) in [6, 6.07) is 8.32. The molecule has 104 valence electrons. The molecule has 20 heavy (non-hydrogen) atoms. The fourth-order valence-electron chi connectivity index (χ4n) is 1.72. The number of rotatable bonds is 4. The van der Waals surface area contributed by atoms with E-state index in [2.05, 4.69) is 31.7 Å². The Morgan fingerprint density at radius 1 is 1.25 bits per heavy atom. The Hall–Kier alpha value is -2.19. The average molecular weight is 338 g/mol. The molecule has 0 aliphatic heterocycles. The quantitative estimate of drug-likeness (QED) is 0.449. The first-order valence-corrected chi connectivity index (χ1v) is 6.44. The summed E-state index contributed by atoms with van der Waals surface area (Å²) in [5.74, 6) is 5.81. The number of hydrogen-bond donors (Lipinski definition) is 3. The van der Waals surface area contributed by atoms with E-state index >= 15 is 0 Å². The molecule has 0 amide bonds. The number of hydrogen-bond acceptors (Lipinski definition) is 6. The first kappa shape index (κ1) is 14.2. The van der Waals surface area contributed by atoms with Crippen LogP contribution >= 0.6 is 15.9 Å². The lowest BCUT2D eigenvalue weighted by Crippen LogP contribution is -2.10. The zero-order valence-electron chi connectivity index (χ0n) is 10.6. The zero-order valence-corrected chi connectivity index (χ0v) is 12.1. The van der Waals surface area contributed by atoms with Crippen molar-refractivity contribution in [2.45, 2.75) is 6.92 Å². The summed E-state index contributed by atoms with van der Waals surface area (Å²) in [6.45, 7) is 1.95. The lowest BCUT2D eigenvalue weighted by atomic mass is 10.2. The smallest absolute Gasteiger partial charge is 0.276 e. The van der Waals surface area contributed by atoms with Crippen LogP contribution < -0.4 is 16.6 Å². The van der Waals surface area contributed by atoms with Crippen LogP contribution in [0.3, 0.4) is 0 Å². The summed E-state index contributed by atoms with van der Waals surface area (Å²) in [5.41, 5.74) is 4.03. The third kappa shape index (κ3) is 3.43. The lowest BCUT2D eigenvalue weighted by Gasteiger charge is -2.09. The number of pyridine rings is 1. The number of nitrogens with one attached hydrogen (secondary N) is 2. The number of nitrogens with zero attached hydrogens (tertiary/aromatic N) is 2. The van der Waals surface area contributed by atoms with Crippen molar-refractivity contribution in [1.82, 2.24) is 4.98 Å². The second kappa shape index (κ2) is 5.85. The van der Waals surface area contributed by atoms with Gasteiger partial charge in [-0.2, -0.15) is 0 Å². The average Bonchev–Trinajstić information content (AvgIpc) is 2.36. The molecule has 2 aromatic rings. The second-order valence-corrected chi connectivity index (χ2v) is 5.06. The number of nitrogens with two attached hydrogens (primary N) is 1. The summed E-state index contributed by atoms with van der Waals surface area (Å²) in [5, 5.41) is 13.9. The van der Waals surface area contributed by atoms with E-state index in [1.54, 1.807) is 0 Å². The van der Waals surface area contributed by atoms with E-state index in [0.717, 1.165) is 15.7 Å². The molecule has 0 radical (unpaired) electrons. The molecule has 0 atom stereocenters. The van der Waals surface area contributed by atoms with Crippen LogP contribution in [-0.2, 0) is 0 Å². The van der Waals surface area contributed by atoms with Gasteiger partial charge in [0.15, 0.2) is 0 Å². The third-order valence-electron chi connectivity index (χ3n) is 2.48. The molecule has 0 spiro atoms. The Labute approximate surface area is 123 Å². The Balaban J connectivity index is 2.37. The highest BCUT2D eigenvalue weighted by Gasteiger charge is 2.11. The van der Waals surface area contributed by atoms with Crippen molar-refractivity contribution in [1.29, 1.82) is 0 Å². The van der Waals surface area contributed by atoms with E-state index in [0.29, 0.717) is 5.82 Å². The first-order chi connectivity index (χ1) is 9.47. The van der Waals surface area contributed by atoms with Gasteiger partial charge in [0.05, 0.1) is 17.1 Å². The summed E-state index contributed by atoms with van der Waals surface area (Å²) in [7, 11) is 0. The third-order valence-corrected chi connectivity index (χ3v) is 2.94. The number of aromatic nitrogens is 1. The van der Waals surface area contributed by atoms with E-state index in [1.807, 2.05) is 25.1 Å². The van der Waals surface area contributed by atoms with Crippen molar-refractivity contribution >= 4 is 38.9 Å². The lowest BCUT2D eigenvalue weighted by molar-refractivity contribution is -0.384. The maximum Gasteiger partial charge on any atom is 0.276 e. The molecule has 0 fully saturated rings. The molecule has 0 aliphatic carbocycles. The van der Waals surface area contributed by atoms with Crippen LogP contribution in [-0.4, -0.2) is 9.91 Å². The molecule has 2 rings (SSSR count). The normalized spacial score (nSPS) is 10.2. The minimum atomic E-state index is -0.500. The first-order valence-electron chi connectivity index (χ1n) is 5.65. The number of halogens is 1. The van der Waals surface area contributed by atoms with Crippen molar-refractivity contribution in [3.63, 3.8) is 0 Å². The van der Waals surface area contributed by atoms with Gasteiger partial charge in [-0.25, -0.2) is 10.8 Å². The molecule has 0 saturated carbocycles. The Morgan fingerprint density at radius 2 is 1.95 bits per heavy atom. The molecule has 8 heteroatoms. The number of aryl methyl sites for hydroxylation is 1. The van der Waals surface area contributed by atoms with Crippen molar-refractivity contribution in [3.8, 4) is 0 Å². The molecule has 1 heterocycles. The molecule has 0 bridgehead atoms.